The Labute approximate surface area is 233 Å². The number of rotatable bonds is 9. The lowest BCUT2D eigenvalue weighted by atomic mass is 9.74. The van der Waals surface area contributed by atoms with E-state index in [2.05, 4.69) is 4.98 Å². The Balaban J connectivity index is 0.000000378. The van der Waals surface area contributed by atoms with Gasteiger partial charge in [-0.05, 0) is 43.9 Å². The molecule has 4 rings (SSSR count). The summed E-state index contributed by atoms with van der Waals surface area (Å²) in [5.41, 5.74) is 3.69. The Hall–Kier alpha value is -2.98. The lowest BCUT2D eigenvalue weighted by molar-refractivity contribution is 0.111. The van der Waals surface area contributed by atoms with E-state index < -0.39 is 31.7 Å². The van der Waals surface area contributed by atoms with Crippen molar-refractivity contribution in [2.24, 2.45) is 4.99 Å². The van der Waals surface area contributed by atoms with Crippen LogP contribution in [0.15, 0.2) is 29.4 Å². The van der Waals surface area contributed by atoms with Gasteiger partial charge in [0.25, 0.3) is 20.2 Å². The van der Waals surface area contributed by atoms with Crippen LogP contribution >= 0.6 is 0 Å². The van der Waals surface area contributed by atoms with Crippen LogP contribution in [0.1, 0.15) is 48.8 Å². The Morgan fingerprint density at radius 1 is 0.875 bits per heavy atom. The van der Waals surface area contributed by atoms with Crippen molar-refractivity contribution in [3.8, 4) is 23.1 Å². The lowest BCUT2D eigenvalue weighted by Gasteiger charge is -2.37. The molecular weight excluding hydrogens is 568 g/mol. The number of aliphatic hydroxyl groups excluding tert-OH is 1. The zero-order chi connectivity index (χ0) is 29.7. The number of benzene rings is 1. The van der Waals surface area contributed by atoms with Gasteiger partial charge in [-0.2, -0.15) is 16.8 Å². The second-order valence-corrected chi connectivity index (χ2v) is 12.3. The summed E-state index contributed by atoms with van der Waals surface area (Å²) in [6.45, 7) is 2.50. The molecule has 0 amide bonds. The molecule has 40 heavy (non-hydrogen) atoms. The van der Waals surface area contributed by atoms with E-state index in [9.17, 15) is 21.9 Å². The number of hydrogen-bond acceptors (Lipinski definition) is 11. The fraction of sp³-hybridized carbons (Fsp3) is 0.520. The van der Waals surface area contributed by atoms with Gasteiger partial charge in [0.2, 0.25) is 5.88 Å². The highest BCUT2D eigenvalue weighted by Gasteiger charge is 2.38. The fourth-order valence-electron chi connectivity index (χ4n) is 4.67. The Bertz CT molecular complexity index is 1410. The molecule has 1 aliphatic carbocycles. The van der Waals surface area contributed by atoms with Gasteiger partial charge in [0, 0.05) is 23.7 Å². The minimum Gasteiger partial charge on any atom is -0.496 e. The van der Waals surface area contributed by atoms with Gasteiger partial charge in [0.1, 0.15) is 5.75 Å². The second-order valence-electron chi connectivity index (χ2n) is 9.14. The quantitative estimate of drug-likeness (QED) is 0.355. The molecule has 2 aromatic rings. The number of nitrogens with zero attached hydrogens (tertiary/aromatic N) is 2. The molecule has 1 aromatic carbocycles. The van der Waals surface area contributed by atoms with E-state index >= 15 is 0 Å². The summed E-state index contributed by atoms with van der Waals surface area (Å²) in [4.78, 5) is 9.49. The van der Waals surface area contributed by atoms with Crippen LogP contribution in [0.4, 0.5) is 0 Å². The molecule has 222 valence electrons. The van der Waals surface area contributed by atoms with E-state index in [0.717, 1.165) is 35.2 Å². The monoisotopic (exact) mass is 602 g/mol. The van der Waals surface area contributed by atoms with Gasteiger partial charge in [-0.15, -0.1) is 0 Å². The fourth-order valence-corrected chi connectivity index (χ4v) is 6.36. The number of aliphatic imine (C=N–C) groups is 1. The van der Waals surface area contributed by atoms with Crippen molar-refractivity contribution in [2.45, 2.75) is 44.2 Å². The van der Waals surface area contributed by atoms with Crippen LogP contribution in [0, 0.1) is 0 Å². The normalized spacial score (nSPS) is 20.2. The largest absolute Gasteiger partial charge is 0.496 e. The van der Waals surface area contributed by atoms with E-state index in [0.29, 0.717) is 36.2 Å². The molecule has 0 bridgehead atoms. The first-order valence-corrected chi connectivity index (χ1v) is 15.6. The topological polar surface area (TPSA) is 191 Å². The van der Waals surface area contributed by atoms with E-state index in [1.807, 2.05) is 19.1 Å². The van der Waals surface area contributed by atoms with Crippen molar-refractivity contribution in [3.05, 3.63) is 41.1 Å². The summed E-state index contributed by atoms with van der Waals surface area (Å²) in [6.07, 6.45) is 3.69. The second kappa shape index (κ2) is 13.1. The van der Waals surface area contributed by atoms with Gasteiger partial charge in [-0.3, -0.25) is 14.1 Å². The predicted octanol–water partition coefficient (Wildman–Crippen LogP) is 2.12. The molecule has 3 N–H and O–H groups in total. The Morgan fingerprint density at radius 2 is 1.52 bits per heavy atom. The van der Waals surface area contributed by atoms with Crippen LogP contribution < -0.4 is 18.9 Å². The first-order valence-electron chi connectivity index (χ1n) is 12.4. The van der Waals surface area contributed by atoms with Gasteiger partial charge in [-0.25, -0.2) is 4.98 Å². The average Bonchev–Trinajstić information content (AvgIpc) is 2.90. The number of fused-ring (bicyclic) bond motifs is 3. The minimum atomic E-state index is -4.30. The van der Waals surface area contributed by atoms with Crippen molar-refractivity contribution in [1.29, 1.82) is 0 Å². The van der Waals surface area contributed by atoms with Gasteiger partial charge in [0.15, 0.2) is 11.5 Å². The minimum absolute atomic E-state index is 0.0885. The van der Waals surface area contributed by atoms with E-state index in [1.54, 1.807) is 33.6 Å². The predicted molar refractivity (Wildman–Crippen MR) is 146 cm³/mol. The zero-order valence-electron chi connectivity index (χ0n) is 22.6. The van der Waals surface area contributed by atoms with Crippen LogP contribution in [0.5, 0.6) is 23.1 Å². The average molecular weight is 603 g/mol. The smallest absolute Gasteiger partial charge is 0.265 e. The molecule has 1 saturated carbocycles. The molecular formula is C25H34N2O11S2. The summed E-state index contributed by atoms with van der Waals surface area (Å²) in [5, 5.41) is 10.3. The molecule has 2 heterocycles. The van der Waals surface area contributed by atoms with Crippen molar-refractivity contribution in [1.82, 2.24) is 4.98 Å². The van der Waals surface area contributed by atoms with E-state index in [-0.39, 0.29) is 18.1 Å². The van der Waals surface area contributed by atoms with Crippen molar-refractivity contribution < 1.29 is 50.0 Å². The molecule has 0 saturated heterocycles. The summed E-state index contributed by atoms with van der Waals surface area (Å²) in [7, 11) is -3.76. The van der Waals surface area contributed by atoms with Crippen LogP contribution in [-0.2, 0) is 20.2 Å². The number of aromatic nitrogens is 1. The third-order valence-electron chi connectivity index (χ3n) is 6.50. The van der Waals surface area contributed by atoms with Gasteiger partial charge in [-0.1, -0.05) is 0 Å². The maximum Gasteiger partial charge on any atom is 0.265 e. The number of ether oxygens (including phenoxy) is 4. The van der Waals surface area contributed by atoms with Gasteiger partial charge in [0.05, 0.1) is 62.9 Å². The highest BCUT2D eigenvalue weighted by molar-refractivity contribution is 7.89. The number of methoxy groups -OCH3 is 3. The highest BCUT2D eigenvalue weighted by Crippen LogP contribution is 2.45. The third kappa shape index (κ3) is 8.04. The molecule has 0 radical (unpaired) electrons. The number of aliphatic hydroxyl groups is 1. The molecule has 3 atom stereocenters. The molecule has 0 unspecified atom stereocenters. The first kappa shape index (κ1) is 31.5. The zero-order valence-corrected chi connectivity index (χ0v) is 24.2. The summed E-state index contributed by atoms with van der Waals surface area (Å²) >= 11 is 0. The first-order chi connectivity index (χ1) is 18.8. The number of pyridine rings is 1. The molecule has 0 spiro atoms. The van der Waals surface area contributed by atoms with Crippen LogP contribution in [0.25, 0.3) is 0 Å². The highest BCUT2D eigenvalue weighted by atomic mass is 32.2. The summed E-state index contributed by atoms with van der Waals surface area (Å²) in [6, 6.07) is 5.87. The maximum absolute atomic E-state index is 10.3. The van der Waals surface area contributed by atoms with Crippen LogP contribution in [0.2, 0.25) is 0 Å². The molecule has 15 heteroatoms. The van der Waals surface area contributed by atoms with Gasteiger partial charge >= 0.3 is 0 Å². The molecule has 1 aromatic heterocycles. The van der Waals surface area contributed by atoms with Crippen LogP contribution in [0.3, 0.4) is 0 Å². The van der Waals surface area contributed by atoms with Crippen molar-refractivity contribution >= 4 is 25.9 Å². The summed E-state index contributed by atoms with van der Waals surface area (Å²) < 4.78 is 77.7. The maximum atomic E-state index is 10.3. The van der Waals surface area contributed by atoms with Crippen LogP contribution in [-0.4, -0.2) is 93.3 Å². The molecule has 1 fully saturated rings. The Kier molecular flexibility index (Phi) is 10.3. The third-order valence-corrected chi connectivity index (χ3v) is 8.19. The summed E-state index contributed by atoms with van der Waals surface area (Å²) in [5.74, 6) is 0.661. The van der Waals surface area contributed by atoms with Crippen molar-refractivity contribution in [2.75, 3.05) is 39.4 Å². The number of hydrogen-bond donors (Lipinski definition) is 3. The molecule has 2 aliphatic rings. The Morgan fingerprint density at radius 3 is 2.08 bits per heavy atom. The standard InChI is InChI=1S/C23H28N2O5.C2H6O6S2/c1-5-30-21-9-14-15-8-13(26)6-7-18(15)25-23(16(14)10-20(21)28-3)17-12-24-22(29-4)11-19(17)27-2;3-9(4,5)1-2-10(6,7)8/h9-13,15,18,26H,5-8H2,1-4H3;1-2H2,(H,3,4,5)(H,6,7,8)/t13-,15-,18-;/m1./s1. The van der Waals surface area contributed by atoms with E-state index in [4.69, 9.17) is 33.0 Å². The SMILES string of the molecule is CCOc1cc2c(cc1OC)C(c1cnc(OC)cc1OC)=N[C@@H]1CC[C@@H](O)C[C@H]21.O=S(=O)(O)CCS(=O)(=O)O. The lowest BCUT2D eigenvalue weighted by Crippen LogP contribution is -2.34. The van der Waals surface area contributed by atoms with E-state index in [1.165, 1.54) is 0 Å². The molecule has 1 aliphatic heterocycles. The molecule has 13 nitrogen and oxygen atoms in total. The van der Waals surface area contributed by atoms with Crippen molar-refractivity contribution in [3.63, 3.8) is 0 Å². The van der Waals surface area contributed by atoms with Gasteiger partial charge < -0.3 is 24.1 Å².